The van der Waals surface area contributed by atoms with E-state index in [2.05, 4.69) is 37.6 Å². The van der Waals surface area contributed by atoms with Gasteiger partial charge in [-0.15, -0.1) is 0 Å². The van der Waals surface area contributed by atoms with E-state index in [4.69, 9.17) is 4.74 Å². The number of carbonyl (C=O) groups excluding carboxylic acids is 1. The summed E-state index contributed by atoms with van der Waals surface area (Å²) in [6.07, 6.45) is 0. The van der Waals surface area contributed by atoms with Crippen LogP contribution in [0.1, 0.15) is 47.2 Å². The highest BCUT2D eigenvalue weighted by Crippen LogP contribution is 2.44. The molecule has 0 fully saturated rings. The van der Waals surface area contributed by atoms with Gasteiger partial charge in [-0.1, -0.05) is 48.0 Å². The van der Waals surface area contributed by atoms with Gasteiger partial charge < -0.3 is 4.74 Å². The van der Waals surface area contributed by atoms with Crippen molar-refractivity contribution in [1.29, 1.82) is 0 Å². The van der Waals surface area contributed by atoms with Crippen molar-refractivity contribution < 1.29 is 17.9 Å². The number of nitrogens with zero attached hydrogens (tertiary/aromatic N) is 1. The maximum atomic E-state index is 13.8. The zero-order chi connectivity index (χ0) is 25.4. The second-order valence-corrected chi connectivity index (χ2v) is 11.0. The number of hydrogen-bond acceptors (Lipinski definition) is 5. The fraction of sp³-hybridized carbons (Fsp3) is 0.321. The van der Waals surface area contributed by atoms with E-state index in [1.807, 2.05) is 30.0 Å². The molecule has 184 valence electrons. The summed E-state index contributed by atoms with van der Waals surface area (Å²) in [4.78, 5) is 15.9. The Kier molecular flexibility index (Phi) is 6.75. The van der Waals surface area contributed by atoms with Crippen molar-refractivity contribution in [3.8, 4) is 5.75 Å². The van der Waals surface area contributed by atoms with Gasteiger partial charge in [0.25, 0.3) is 15.9 Å². The Morgan fingerprint density at radius 2 is 1.69 bits per heavy atom. The van der Waals surface area contributed by atoms with Crippen LogP contribution in [-0.2, 0) is 33.4 Å². The average molecular weight is 493 g/mol. The van der Waals surface area contributed by atoms with Crippen LogP contribution in [0, 0.1) is 20.8 Å². The van der Waals surface area contributed by atoms with E-state index in [0.717, 1.165) is 33.6 Å². The molecule has 0 bridgehead atoms. The molecule has 0 spiro atoms. The Bertz CT molecular complexity index is 1350. The van der Waals surface area contributed by atoms with Crippen molar-refractivity contribution in [3.05, 3.63) is 94.0 Å². The number of amides is 1. The summed E-state index contributed by atoms with van der Waals surface area (Å²) in [6.45, 7) is 11.4. The SMILES string of the molecule is CCOc1cccc2c1CN(Cc1c(C)cc(C)cc1C)C2(C)C(=O)NS(=O)(=O)c1ccccc1. The van der Waals surface area contributed by atoms with Crippen molar-refractivity contribution in [2.45, 2.75) is 58.1 Å². The summed E-state index contributed by atoms with van der Waals surface area (Å²) in [5.74, 6) is 0.131. The minimum Gasteiger partial charge on any atom is -0.494 e. The third-order valence-corrected chi connectivity index (χ3v) is 8.20. The highest BCUT2D eigenvalue weighted by molar-refractivity contribution is 7.90. The van der Waals surface area contributed by atoms with Gasteiger partial charge in [-0.25, -0.2) is 13.1 Å². The molecule has 0 saturated heterocycles. The first-order valence-corrected chi connectivity index (χ1v) is 13.3. The molecule has 0 radical (unpaired) electrons. The van der Waals surface area contributed by atoms with E-state index in [-0.39, 0.29) is 4.90 Å². The molecule has 4 rings (SSSR count). The van der Waals surface area contributed by atoms with Crippen LogP contribution in [0.4, 0.5) is 0 Å². The number of hydrogen-bond donors (Lipinski definition) is 1. The molecular formula is C28H32N2O4S. The van der Waals surface area contributed by atoms with Crippen molar-refractivity contribution >= 4 is 15.9 Å². The summed E-state index contributed by atoms with van der Waals surface area (Å²) < 4.78 is 34.3. The summed E-state index contributed by atoms with van der Waals surface area (Å²) in [5.41, 5.74) is 5.05. The predicted molar refractivity (Wildman–Crippen MR) is 137 cm³/mol. The van der Waals surface area contributed by atoms with Crippen LogP contribution in [-0.4, -0.2) is 25.8 Å². The molecule has 35 heavy (non-hydrogen) atoms. The van der Waals surface area contributed by atoms with Crippen molar-refractivity contribution in [3.63, 3.8) is 0 Å². The molecule has 1 unspecified atom stereocenters. The van der Waals surface area contributed by atoms with E-state index in [1.54, 1.807) is 25.1 Å². The Labute approximate surface area is 208 Å². The summed E-state index contributed by atoms with van der Waals surface area (Å²) in [6, 6.07) is 17.9. The monoisotopic (exact) mass is 492 g/mol. The molecule has 1 amide bonds. The topological polar surface area (TPSA) is 75.7 Å². The molecule has 1 heterocycles. The first kappa shape index (κ1) is 24.9. The second-order valence-electron chi connectivity index (χ2n) is 9.27. The van der Waals surface area contributed by atoms with Gasteiger partial charge in [0.2, 0.25) is 0 Å². The van der Waals surface area contributed by atoms with Gasteiger partial charge in [0.1, 0.15) is 11.3 Å². The zero-order valence-corrected chi connectivity index (χ0v) is 21.7. The van der Waals surface area contributed by atoms with Crippen molar-refractivity contribution in [2.24, 2.45) is 0 Å². The quantitative estimate of drug-likeness (QED) is 0.515. The van der Waals surface area contributed by atoms with E-state index >= 15 is 0 Å². The maximum absolute atomic E-state index is 13.8. The van der Waals surface area contributed by atoms with Crippen LogP contribution in [0.25, 0.3) is 0 Å². The molecule has 3 aromatic carbocycles. The molecule has 1 aliphatic rings. The number of benzene rings is 3. The molecule has 7 heteroatoms. The lowest BCUT2D eigenvalue weighted by molar-refractivity contribution is -0.131. The number of carbonyl (C=O) groups is 1. The van der Waals surface area contributed by atoms with Gasteiger partial charge in [0.15, 0.2) is 0 Å². The maximum Gasteiger partial charge on any atom is 0.264 e. The normalized spacial score (nSPS) is 17.7. The largest absolute Gasteiger partial charge is 0.494 e. The molecule has 1 aliphatic heterocycles. The Balaban J connectivity index is 1.79. The van der Waals surface area contributed by atoms with E-state index in [1.165, 1.54) is 17.7 Å². The lowest BCUT2D eigenvalue weighted by Gasteiger charge is -2.35. The Hall–Kier alpha value is -3.16. The molecular weight excluding hydrogens is 460 g/mol. The summed E-state index contributed by atoms with van der Waals surface area (Å²) in [5, 5.41) is 0. The van der Waals surface area contributed by atoms with Crippen molar-refractivity contribution in [2.75, 3.05) is 6.61 Å². The summed E-state index contributed by atoms with van der Waals surface area (Å²) >= 11 is 0. The van der Waals surface area contributed by atoms with Crippen LogP contribution in [0.2, 0.25) is 0 Å². The highest BCUT2D eigenvalue weighted by atomic mass is 32.2. The van der Waals surface area contributed by atoms with Crippen LogP contribution in [0.5, 0.6) is 5.75 Å². The number of aryl methyl sites for hydroxylation is 3. The van der Waals surface area contributed by atoms with Gasteiger partial charge in [0, 0.05) is 18.7 Å². The standard InChI is InChI=1S/C28H32N2O4S/c1-6-34-26-14-10-13-25-24(26)18-30(17-23-20(3)15-19(2)16-21(23)4)28(25,5)27(31)29-35(32,33)22-11-8-7-9-12-22/h7-16H,6,17-18H2,1-5H3,(H,29,31). The van der Waals surface area contributed by atoms with Crippen LogP contribution >= 0.6 is 0 Å². The number of rotatable bonds is 7. The lowest BCUT2D eigenvalue weighted by atomic mass is 9.89. The fourth-order valence-corrected chi connectivity index (χ4v) is 6.08. The van der Waals surface area contributed by atoms with Gasteiger partial charge in [-0.3, -0.25) is 9.69 Å². The van der Waals surface area contributed by atoms with Gasteiger partial charge >= 0.3 is 0 Å². The third-order valence-electron chi connectivity index (χ3n) is 6.85. The number of ether oxygens (including phenoxy) is 1. The smallest absolute Gasteiger partial charge is 0.264 e. The zero-order valence-electron chi connectivity index (χ0n) is 20.9. The van der Waals surface area contributed by atoms with Gasteiger partial charge in [-0.05, 0) is 75.1 Å². The van der Waals surface area contributed by atoms with Crippen LogP contribution in [0.3, 0.4) is 0 Å². The molecule has 3 aromatic rings. The Morgan fingerprint density at radius 3 is 2.31 bits per heavy atom. The first-order valence-electron chi connectivity index (χ1n) is 11.8. The molecule has 0 aliphatic carbocycles. The number of fused-ring (bicyclic) bond motifs is 1. The predicted octanol–water partition coefficient (Wildman–Crippen LogP) is 4.75. The molecule has 0 aromatic heterocycles. The van der Waals surface area contributed by atoms with Crippen LogP contribution in [0.15, 0.2) is 65.6 Å². The third kappa shape index (κ3) is 4.58. The molecule has 1 atom stereocenters. The van der Waals surface area contributed by atoms with E-state index in [0.29, 0.717) is 19.7 Å². The molecule has 6 nitrogen and oxygen atoms in total. The highest BCUT2D eigenvalue weighted by Gasteiger charge is 2.49. The summed E-state index contributed by atoms with van der Waals surface area (Å²) in [7, 11) is -4.03. The Morgan fingerprint density at radius 1 is 1.03 bits per heavy atom. The van der Waals surface area contributed by atoms with E-state index < -0.39 is 21.5 Å². The van der Waals surface area contributed by atoms with Crippen LogP contribution < -0.4 is 9.46 Å². The minimum atomic E-state index is -4.03. The fourth-order valence-electron chi connectivity index (χ4n) is 5.00. The number of sulfonamides is 1. The lowest BCUT2D eigenvalue weighted by Crippen LogP contribution is -2.52. The van der Waals surface area contributed by atoms with Gasteiger partial charge in [-0.2, -0.15) is 0 Å². The second kappa shape index (κ2) is 9.47. The minimum absolute atomic E-state index is 0.0509. The molecule has 0 saturated carbocycles. The number of nitrogens with one attached hydrogen (secondary N) is 1. The van der Waals surface area contributed by atoms with Gasteiger partial charge in [0.05, 0.1) is 11.5 Å². The molecule has 1 N–H and O–H groups in total. The van der Waals surface area contributed by atoms with Crippen molar-refractivity contribution in [1.82, 2.24) is 9.62 Å². The average Bonchev–Trinajstić information content (AvgIpc) is 3.10. The first-order chi connectivity index (χ1) is 16.6. The van der Waals surface area contributed by atoms with E-state index in [9.17, 15) is 13.2 Å².